The van der Waals surface area contributed by atoms with Crippen molar-refractivity contribution in [1.29, 1.82) is 0 Å². The molecule has 0 aliphatic rings. The van der Waals surface area contributed by atoms with Crippen LogP contribution in [0.5, 0.6) is 0 Å². The lowest BCUT2D eigenvalue weighted by Gasteiger charge is -2.05. The third-order valence-corrected chi connectivity index (χ3v) is 5.00. The second-order valence-corrected chi connectivity index (χ2v) is 7.83. The Kier molecular flexibility index (Phi) is 5.17. The SMILES string of the molecule is Cc1cccc(CS(=O)(=O)NCc2nc(-c3ccc(Cl)cc3)no2)c1. The Morgan fingerprint density at radius 3 is 2.64 bits per heavy atom. The zero-order valence-electron chi connectivity index (χ0n) is 13.4. The first-order valence-corrected chi connectivity index (χ1v) is 9.56. The van der Waals surface area contributed by atoms with E-state index in [9.17, 15) is 8.42 Å². The van der Waals surface area contributed by atoms with E-state index >= 15 is 0 Å². The Labute approximate surface area is 150 Å². The van der Waals surface area contributed by atoms with E-state index in [1.54, 1.807) is 30.3 Å². The fourth-order valence-corrected chi connectivity index (χ4v) is 3.48. The highest BCUT2D eigenvalue weighted by Gasteiger charge is 2.15. The molecule has 3 rings (SSSR count). The topological polar surface area (TPSA) is 85.1 Å². The van der Waals surface area contributed by atoms with Gasteiger partial charge in [-0.2, -0.15) is 4.98 Å². The number of halogens is 1. The van der Waals surface area contributed by atoms with Crippen LogP contribution in [0.2, 0.25) is 5.02 Å². The molecule has 1 aromatic heterocycles. The molecule has 0 fully saturated rings. The summed E-state index contributed by atoms with van der Waals surface area (Å²) in [6, 6.07) is 14.3. The molecule has 0 amide bonds. The van der Waals surface area contributed by atoms with Gasteiger partial charge in [0.05, 0.1) is 12.3 Å². The molecule has 0 aliphatic heterocycles. The number of aromatic nitrogens is 2. The van der Waals surface area contributed by atoms with Gasteiger partial charge in [-0.05, 0) is 36.8 Å². The summed E-state index contributed by atoms with van der Waals surface area (Å²) >= 11 is 5.84. The highest BCUT2D eigenvalue weighted by atomic mass is 35.5. The smallest absolute Gasteiger partial charge is 0.242 e. The molecule has 0 aliphatic carbocycles. The van der Waals surface area contributed by atoms with Crippen LogP contribution in [0, 0.1) is 6.92 Å². The van der Waals surface area contributed by atoms with Crippen molar-refractivity contribution in [3.8, 4) is 11.4 Å². The van der Waals surface area contributed by atoms with Crippen LogP contribution in [0.15, 0.2) is 53.1 Å². The van der Waals surface area contributed by atoms with Gasteiger partial charge in [-0.15, -0.1) is 0 Å². The molecule has 1 heterocycles. The van der Waals surface area contributed by atoms with Gasteiger partial charge in [0.1, 0.15) is 0 Å². The highest BCUT2D eigenvalue weighted by Crippen LogP contribution is 2.18. The van der Waals surface area contributed by atoms with Crippen molar-refractivity contribution in [1.82, 2.24) is 14.9 Å². The monoisotopic (exact) mass is 377 g/mol. The molecule has 3 aromatic rings. The van der Waals surface area contributed by atoms with Gasteiger partial charge in [-0.25, -0.2) is 13.1 Å². The molecular weight excluding hydrogens is 362 g/mol. The van der Waals surface area contributed by atoms with E-state index in [-0.39, 0.29) is 18.2 Å². The molecule has 2 aromatic carbocycles. The molecule has 0 bridgehead atoms. The highest BCUT2D eigenvalue weighted by molar-refractivity contribution is 7.88. The average Bonchev–Trinajstić information content (AvgIpc) is 3.02. The molecule has 0 saturated heterocycles. The van der Waals surface area contributed by atoms with Crippen molar-refractivity contribution < 1.29 is 12.9 Å². The van der Waals surface area contributed by atoms with Gasteiger partial charge in [0.15, 0.2) is 0 Å². The minimum absolute atomic E-state index is 0.0608. The zero-order chi connectivity index (χ0) is 17.9. The molecule has 25 heavy (non-hydrogen) atoms. The van der Waals surface area contributed by atoms with E-state index in [1.165, 1.54) is 0 Å². The van der Waals surface area contributed by atoms with Crippen LogP contribution >= 0.6 is 11.6 Å². The van der Waals surface area contributed by atoms with Gasteiger partial charge >= 0.3 is 0 Å². The van der Waals surface area contributed by atoms with Crippen LogP contribution in [-0.4, -0.2) is 18.6 Å². The van der Waals surface area contributed by atoms with Crippen LogP contribution in [0.4, 0.5) is 0 Å². The van der Waals surface area contributed by atoms with E-state index in [0.29, 0.717) is 10.8 Å². The normalized spacial score (nSPS) is 11.6. The Balaban J connectivity index is 1.64. The van der Waals surface area contributed by atoms with E-state index in [4.69, 9.17) is 16.1 Å². The van der Waals surface area contributed by atoms with E-state index < -0.39 is 10.0 Å². The van der Waals surface area contributed by atoms with Crippen LogP contribution in [0.25, 0.3) is 11.4 Å². The second-order valence-electron chi connectivity index (χ2n) is 5.59. The minimum Gasteiger partial charge on any atom is -0.338 e. The summed E-state index contributed by atoms with van der Waals surface area (Å²) in [5, 5.41) is 4.46. The zero-order valence-corrected chi connectivity index (χ0v) is 15.0. The van der Waals surface area contributed by atoms with Crippen molar-refractivity contribution in [2.45, 2.75) is 19.2 Å². The third-order valence-electron chi connectivity index (χ3n) is 3.45. The van der Waals surface area contributed by atoms with Gasteiger partial charge in [0.2, 0.25) is 21.7 Å². The summed E-state index contributed by atoms with van der Waals surface area (Å²) in [5.74, 6) is 0.467. The summed E-state index contributed by atoms with van der Waals surface area (Å²) in [6.07, 6.45) is 0. The Morgan fingerprint density at radius 2 is 1.92 bits per heavy atom. The van der Waals surface area contributed by atoms with Crippen molar-refractivity contribution in [2.75, 3.05) is 0 Å². The third kappa shape index (κ3) is 4.88. The number of aryl methyl sites for hydroxylation is 1. The number of hydrogen-bond acceptors (Lipinski definition) is 5. The fourth-order valence-electron chi connectivity index (χ4n) is 2.29. The molecule has 0 atom stereocenters. The number of sulfonamides is 1. The lowest BCUT2D eigenvalue weighted by Crippen LogP contribution is -2.24. The van der Waals surface area contributed by atoms with Crippen molar-refractivity contribution in [2.24, 2.45) is 0 Å². The van der Waals surface area contributed by atoms with Crippen LogP contribution in [0.1, 0.15) is 17.0 Å². The van der Waals surface area contributed by atoms with Gasteiger partial charge in [0, 0.05) is 10.6 Å². The molecule has 0 saturated carbocycles. The summed E-state index contributed by atoms with van der Waals surface area (Å²) in [6.45, 7) is 1.86. The molecule has 6 nitrogen and oxygen atoms in total. The van der Waals surface area contributed by atoms with Crippen LogP contribution in [-0.2, 0) is 22.3 Å². The molecular formula is C17H16ClN3O3S. The predicted molar refractivity (Wildman–Crippen MR) is 95.4 cm³/mol. The molecule has 0 radical (unpaired) electrons. The van der Waals surface area contributed by atoms with Gasteiger partial charge in [-0.3, -0.25) is 0 Å². The summed E-state index contributed by atoms with van der Waals surface area (Å²) in [5.41, 5.74) is 2.47. The predicted octanol–water partition coefficient (Wildman–Crippen LogP) is 3.32. The Bertz CT molecular complexity index is 969. The summed E-state index contributed by atoms with van der Waals surface area (Å²) < 4.78 is 31.9. The Morgan fingerprint density at radius 1 is 1.16 bits per heavy atom. The first-order chi connectivity index (χ1) is 11.9. The molecule has 0 unspecified atom stereocenters. The largest absolute Gasteiger partial charge is 0.338 e. The molecule has 1 N–H and O–H groups in total. The summed E-state index contributed by atoms with van der Waals surface area (Å²) in [7, 11) is -3.51. The second kappa shape index (κ2) is 7.35. The first kappa shape index (κ1) is 17.6. The minimum atomic E-state index is -3.51. The average molecular weight is 378 g/mol. The lowest BCUT2D eigenvalue weighted by atomic mass is 10.2. The quantitative estimate of drug-likeness (QED) is 0.712. The van der Waals surface area contributed by atoms with Gasteiger partial charge < -0.3 is 4.52 Å². The van der Waals surface area contributed by atoms with E-state index in [0.717, 1.165) is 16.7 Å². The summed E-state index contributed by atoms with van der Waals surface area (Å²) in [4.78, 5) is 4.19. The van der Waals surface area contributed by atoms with E-state index in [1.807, 2.05) is 25.1 Å². The number of hydrogen-bond donors (Lipinski definition) is 1. The maximum absolute atomic E-state index is 12.2. The lowest BCUT2D eigenvalue weighted by molar-refractivity contribution is 0.376. The molecule has 0 spiro atoms. The van der Waals surface area contributed by atoms with Crippen LogP contribution < -0.4 is 4.72 Å². The first-order valence-electron chi connectivity index (χ1n) is 7.53. The number of nitrogens with one attached hydrogen (secondary N) is 1. The molecule has 130 valence electrons. The fraction of sp³-hybridized carbons (Fsp3) is 0.176. The van der Waals surface area contributed by atoms with Crippen LogP contribution in [0.3, 0.4) is 0 Å². The number of rotatable bonds is 6. The molecule has 8 heteroatoms. The standard InChI is InChI=1S/C17H16ClN3O3S/c1-12-3-2-4-13(9-12)11-25(22,23)19-10-16-20-17(21-24-16)14-5-7-15(18)8-6-14/h2-9,19H,10-11H2,1H3. The number of benzene rings is 2. The van der Waals surface area contributed by atoms with Gasteiger partial charge in [0.25, 0.3) is 0 Å². The van der Waals surface area contributed by atoms with Crippen molar-refractivity contribution in [3.63, 3.8) is 0 Å². The Hall–Kier alpha value is -2.22. The number of nitrogens with zero attached hydrogens (tertiary/aromatic N) is 2. The van der Waals surface area contributed by atoms with Gasteiger partial charge in [-0.1, -0.05) is 46.6 Å². The van der Waals surface area contributed by atoms with Crippen molar-refractivity contribution in [3.05, 3.63) is 70.6 Å². The van der Waals surface area contributed by atoms with Crippen molar-refractivity contribution >= 4 is 21.6 Å². The van der Waals surface area contributed by atoms with E-state index in [2.05, 4.69) is 14.9 Å². The maximum Gasteiger partial charge on any atom is 0.242 e. The maximum atomic E-state index is 12.2.